The van der Waals surface area contributed by atoms with Crippen LogP contribution in [0.4, 0.5) is 0 Å². The standard InChI is InChI=1S/C8H18N2/c1-2-9-6-8-4-3-5-10-7-8/h8-10H,2-7H2,1H3/t8-/m0/s1. The van der Waals surface area contributed by atoms with Gasteiger partial charge >= 0.3 is 0 Å². The molecule has 1 saturated heterocycles. The van der Waals surface area contributed by atoms with Crippen molar-refractivity contribution in [2.75, 3.05) is 26.2 Å². The number of rotatable bonds is 3. The van der Waals surface area contributed by atoms with Crippen molar-refractivity contribution in [2.24, 2.45) is 5.92 Å². The fraction of sp³-hybridized carbons (Fsp3) is 1.00. The van der Waals surface area contributed by atoms with Gasteiger partial charge < -0.3 is 10.6 Å². The summed E-state index contributed by atoms with van der Waals surface area (Å²) in [7, 11) is 0. The van der Waals surface area contributed by atoms with Crippen LogP contribution in [-0.4, -0.2) is 26.2 Å². The minimum atomic E-state index is 0.883. The summed E-state index contributed by atoms with van der Waals surface area (Å²) >= 11 is 0. The monoisotopic (exact) mass is 142 g/mol. The molecule has 0 spiro atoms. The molecule has 0 aliphatic carbocycles. The Morgan fingerprint density at radius 2 is 2.50 bits per heavy atom. The molecule has 0 amide bonds. The van der Waals surface area contributed by atoms with Crippen molar-refractivity contribution in [3.8, 4) is 0 Å². The van der Waals surface area contributed by atoms with Crippen molar-refractivity contribution >= 4 is 0 Å². The lowest BCUT2D eigenvalue weighted by Gasteiger charge is -2.22. The quantitative estimate of drug-likeness (QED) is 0.603. The van der Waals surface area contributed by atoms with Gasteiger partial charge in [-0.3, -0.25) is 0 Å². The highest BCUT2D eigenvalue weighted by molar-refractivity contribution is 4.70. The van der Waals surface area contributed by atoms with Crippen LogP contribution in [0.25, 0.3) is 0 Å². The predicted octanol–water partition coefficient (Wildman–Crippen LogP) is 0.595. The third-order valence-corrected chi connectivity index (χ3v) is 2.08. The van der Waals surface area contributed by atoms with Crippen LogP contribution in [-0.2, 0) is 0 Å². The highest BCUT2D eigenvalue weighted by Gasteiger charge is 2.10. The first-order valence-electron chi connectivity index (χ1n) is 4.35. The Morgan fingerprint density at radius 3 is 3.10 bits per heavy atom. The lowest BCUT2D eigenvalue weighted by atomic mass is 10.00. The molecule has 0 aromatic rings. The second kappa shape index (κ2) is 4.69. The topological polar surface area (TPSA) is 24.1 Å². The van der Waals surface area contributed by atoms with E-state index in [0.29, 0.717) is 0 Å². The lowest BCUT2D eigenvalue weighted by Crippen LogP contribution is -2.35. The molecule has 0 aromatic carbocycles. The SMILES string of the molecule is CCNC[C@@H]1CCCNC1. The summed E-state index contributed by atoms with van der Waals surface area (Å²) in [4.78, 5) is 0. The van der Waals surface area contributed by atoms with Gasteiger partial charge in [0, 0.05) is 0 Å². The highest BCUT2D eigenvalue weighted by Crippen LogP contribution is 2.07. The maximum atomic E-state index is 3.40. The first-order valence-corrected chi connectivity index (χ1v) is 4.35. The molecule has 0 saturated carbocycles. The van der Waals surface area contributed by atoms with E-state index in [0.717, 1.165) is 12.5 Å². The zero-order valence-electron chi connectivity index (χ0n) is 6.82. The van der Waals surface area contributed by atoms with Crippen LogP contribution in [0.5, 0.6) is 0 Å². The van der Waals surface area contributed by atoms with Crippen LogP contribution in [0.2, 0.25) is 0 Å². The summed E-state index contributed by atoms with van der Waals surface area (Å²) in [5, 5.41) is 6.78. The zero-order chi connectivity index (χ0) is 7.23. The van der Waals surface area contributed by atoms with Crippen LogP contribution in [0.15, 0.2) is 0 Å². The Hall–Kier alpha value is -0.0800. The third kappa shape index (κ3) is 2.67. The van der Waals surface area contributed by atoms with Crippen LogP contribution >= 0.6 is 0 Å². The zero-order valence-corrected chi connectivity index (χ0v) is 6.82. The fourth-order valence-corrected chi connectivity index (χ4v) is 1.45. The van der Waals surface area contributed by atoms with E-state index in [1.807, 2.05) is 0 Å². The van der Waals surface area contributed by atoms with E-state index in [4.69, 9.17) is 0 Å². The van der Waals surface area contributed by atoms with E-state index in [9.17, 15) is 0 Å². The minimum absolute atomic E-state index is 0.883. The molecule has 10 heavy (non-hydrogen) atoms. The normalized spacial score (nSPS) is 26.7. The van der Waals surface area contributed by atoms with E-state index in [2.05, 4.69) is 17.6 Å². The molecular weight excluding hydrogens is 124 g/mol. The molecule has 0 radical (unpaired) electrons. The van der Waals surface area contributed by atoms with E-state index < -0.39 is 0 Å². The second-order valence-corrected chi connectivity index (χ2v) is 3.02. The molecule has 1 heterocycles. The van der Waals surface area contributed by atoms with E-state index in [1.165, 1.54) is 32.5 Å². The fourth-order valence-electron chi connectivity index (χ4n) is 1.45. The molecule has 2 nitrogen and oxygen atoms in total. The van der Waals surface area contributed by atoms with Gasteiger partial charge in [0.05, 0.1) is 0 Å². The Balaban J connectivity index is 2.02. The number of nitrogens with one attached hydrogen (secondary N) is 2. The van der Waals surface area contributed by atoms with Crippen molar-refractivity contribution < 1.29 is 0 Å². The summed E-state index contributed by atoms with van der Waals surface area (Å²) in [6.07, 6.45) is 2.76. The Kier molecular flexibility index (Phi) is 3.76. The third-order valence-electron chi connectivity index (χ3n) is 2.08. The predicted molar refractivity (Wildman–Crippen MR) is 44.1 cm³/mol. The average molecular weight is 142 g/mol. The minimum Gasteiger partial charge on any atom is -0.317 e. The van der Waals surface area contributed by atoms with Crippen molar-refractivity contribution in [1.29, 1.82) is 0 Å². The van der Waals surface area contributed by atoms with Gasteiger partial charge in [-0.25, -0.2) is 0 Å². The summed E-state index contributed by atoms with van der Waals surface area (Å²) in [5.41, 5.74) is 0. The number of hydrogen-bond donors (Lipinski definition) is 2. The lowest BCUT2D eigenvalue weighted by molar-refractivity contribution is 0.363. The highest BCUT2D eigenvalue weighted by atomic mass is 14.9. The van der Waals surface area contributed by atoms with Crippen LogP contribution < -0.4 is 10.6 Å². The van der Waals surface area contributed by atoms with Gasteiger partial charge in [-0.1, -0.05) is 6.92 Å². The van der Waals surface area contributed by atoms with Gasteiger partial charge in [0.2, 0.25) is 0 Å². The van der Waals surface area contributed by atoms with Gasteiger partial charge in [-0.05, 0) is 44.9 Å². The average Bonchev–Trinajstić information content (AvgIpc) is 2.03. The molecule has 1 rings (SSSR count). The van der Waals surface area contributed by atoms with E-state index in [-0.39, 0.29) is 0 Å². The molecule has 2 heteroatoms. The van der Waals surface area contributed by atoms with Crippen LogP contribution in [0, 0.1) is 5.92 Å². The Bertz CT molecular complexity index is 77.3. The van der Waals surface area contributed by atoms with Gasteiger partial charge in [0.1, 0.15) is 0 Å². The molecule has 0 unspecified atom stereocenters. The summed E-state index contributed by atoms with van der Waals surface area (Å²) < 4.78 is 0. The maximum absolute atomic E-state index is 3.40. The van der Waals surface area contributed by atoms with Crippen LogP contribution in [0.3, 0.4) is 0 Å². The summed E-state index contributed by atoms with van der Waals surface area (Å²) in [5.74, 6) is 0.883. The number of hydrogen-bond acceptors (Lipinski definition) is 2. The molecule has 0 bridgehead atoms. The molecule has 0 aromatic heterocycles. The van der Waals surface area contributed by atoms with E-state index in [1.54, 1.807) is 0 Å². The first kappa shape index (κ1) is 8.02. The molecule has 1 atom stereocenters. The van der Waals surface area contributed by atoms with Crippen molar-refractivity contribution in [1.82, 2.24) is 10.6 Å². The number of piperidine rings is 1. The molecule has 1 fully saturated rings. The van der Waals surface area contributed by atoms with Gasteiger partial charge in [0.25, 0.3) is 0 Å². The molecular formula is C8H18N2. The van der Waals surface area contributed by atoms with Crippen LogP contribution in [0.1, 0.15) is 19.8 Å². The molecule has 2 N–H and O–H groups in total. The second-order valence-electron chi connectivity index (χ2n) is 3.02. The maximum Gasteiger partial charge on any atom is -0.000837 e. The van der Waals surface area contributed by atoms with Crippen molar-refractivity contribution in [3.05, 3.63) is 0 Å². The van der Waals surface area contributed by atoms with Gasteiger partial charge in [-0.15, -0.1) is 0 Å². The molecule has 1 aliphatic heterocycles. The van der Waals surface area contributed by atoms with Gasteiger partial charge in [0.15, 0.2) is 0 Å². The first-order chi connectivity index (χ1) is 4.93. The van der Waals surface area contributed by atoms with E-state index >= 15 is 0 Å². The Morgan fingerprint density at radius 1 is 1.60 bits per heavy atom. The summed E-state index contributed by atoms with van der Waals surface area (Å²) in [6, 6.07) is 0. The van der Waals surface area contributed by atoms with Crippen molar-refractivity contribution in [3.63, 3.8) is 0 Å². The summed E-state index contributed by atoms with van der Waals surface area (Å²) in [6.45, 7) is 6.91. The molecule has 1 aliphatic rings. The molecule has 60 valence electrons. The van der Waals surface area contributed by atoms with Crippen molar-refractivity contribution in [2.45, 2.75) is 19.8 Å². The largest absolute Gasteiger partial charge is 0.317 e. The van der Waals surface area contributed by atoms with Gasteiger partial charge in [-0.2, -0.15) is 0 Å². The smallest absolute Gasteiger partial charge is 0.000837 e. The Labute approximate surface area is 63.4 Å².